The molecule has 1 amide bonds. The normalized spacial score (nSPS) is 18.9. The Morgan fingerprint density at radius 2 is 2.00 bits per heavy atom. The summed E-state index contributed by atoms with van der Waals surface area (Å²) in [7, 11) is 0. The molecule has 2 aromatic carbocycles. The third kappa shape index (κ3) is 2.33. The van der Waals surface area contributed by atoms with Gasteiger partial charge >= 0.3 is 0 Å². The van der Waals surface area contributed by atoms with E-state index in [-0.39, 0.29) is 18.7 Å². The fourth-order valence-corrected chi connectivity index (χ4v) is 3.63. The molecule has 1 fully saturated rings. The van der Waals surface area contributed by atoms with Crippen molar-refractivity contribution in [3.8, 4) is 11.5 Å². The molecule has 6 heteroatoms. The summed E-state index contributed by atoms with van der Waals surface area (Å²) in [4.78, 5) is 19.2. The van der Waals surface area contributed by atoms with E-state index in [1.54, 1.807) is 18.2 Å². The molecule has 0 aliphatic carbocycles. The Morgan fingerprint density at radius 1 is 1.12 bits per heavy atom. The number of amides is 1. The van der Waals surface area contributed by atoms with E-state index in [0.29, 0.717) is 23.6 Å². The molecule has 1 saturated heterocycles. The van der Waals surface area contributed by atoms with E-state index in [9.17, 15) is 4.79 Å². The Morgan fingerprint density at radius 3 is 2.96 bits per heavy atom. The van der Waals surface area contributed by atoms with E-state index in [2.05, 4.69) is 15.6 Å². The Hall–Kier alpha value is -3.02. The molecule has 1 atom stereocenters. The van der Waals surface area contributed by atoms with Crippen molar-refractivity contribution >= 4 is 16.9 Å². The summed E-state index contributed by atoms with van der Waals surface area (Å²) in [6.07, 6.45) is 2.81. The molecule has 0 unspecified atom stereocenters. The van der Waals surface area contributed by atoms with Gasteiger partial charge in [-0.3, -0.25) is 4.79 Å². The van der Waals surface area contributed by atoms with Crippen LogP contribution in [0.1, 0.15) is 22.8 Å². The van der Waals surface area contributed by atoms with Crippen molar-refractivity contribution in [2.45, 2.75) is 12.5 Å². The predicted octanol–water partition coefficient (Wildman–Crippen LogP) is 2.85. The molecule has 0 saturated carbocycles. The maximum absolute atomic E-state index is 12.8. The number of para-hydroxylation sites is 2. The lowest BCUT2D eigenvalue weighted by Gasteiger charge is -2.17. The highest BCUT2D eigenvalue weighted by Crippen LogP contribution is 2.33. The average molecular weight is 335 g/mol. The molecule has 2 aliphatic heterocycles. The highest BCUT2D eigenvalue weighted by molar-refractivity contribution is 5.95. The van der Waals surface area contributed by atoms with Gasteiger partial charge in [-0.25, -0.2) is 4.98 Å². The van der Waals surface area contributed by atoms with E-state index < -0.39 is 0 Å². The number of ether oxygens (including phenoxy) is 2. The summed E-state index contributed by atoms with van der Waals surface area (Å²) in [6, 6.07) is 13.7. The molecule has 0 bridgehead atoms. The van der Waals surface area contributed by atoms with Gasteiger partial charge in [-0.15, -0.1) is 0 Å². The van der Waals surface area contributed by atoms with E-state index in [1.807, 2.05) is 29.4 Å². The summed E-state index contributed by atoms with van der Waals surface area (Å²) in [5.74, 6) is 1.37. The maximum Gasteiger partial charge on any atom is 0.254 e. The third-order valence-corrected chi connectivity index (χ3v) is 4.94. The number of imidazole rings is 1. The lowest BCUT2D eigenvalue weighted by atomic mass is 10.2. The summed E-state index contributed by atoms with van der Waals surface area (Å²) < 4.78 is 12.9. The van der Waals surface area contributed by atoms with Crippen molar-refractivity contribution in [1.82, 2.24) is 14.5 Å². The van der Waals surface area contributed by atoms with Gasteiger partial charge in [0.05, 0.1) is 23.4 Å². The van der Waals surface area contributed by atoms with E-state index in [4.69, 9.17) is 9.47 Å². The molecule has 6 nitrogen and oxygen atoms in total. The number of rotatable bonds is 2. The van der Waals surface area contributed by atoms with E-state index >= 15 is 0 Å². The number of fused-ring (bicyclic) bond motifs is 2. The van der Waals surface area contributed by atoms with Crippen LogP contribution in [0, 0.1) is 0 Å². The molecule has 0 spiro atoms. The van der Waals surface area contributed by atoms with Crippen LogP contribution in [0.3, 0.4) is 0 Å². The van der Waals surface area contributed by atoms with Gasteiger partial charge in [-0.1, -0.05) is 12.1 Å². The van der Waals surface area contributed by atoms with Gasteiger partial charge in [0.25, 0.3) is 5.91 Å². The minimum absolute atomic E-state index is 0.0326. The first-order valence-electron chi connectivity index (χ1n) is 8.40. The molecule has 1 aromatic heterocycles. The van der Waals surface area contributed by atoms with Crippen molar-refractivity contribution in [3.63, 3.8) is 0 Å². The first-order chi connectivity index (χ1) is 12.3. The predicted molar refractivity (Wildman–Crippen MR) is 91.9 cm³/mol. The van der Waals surface area contributed by atoms with Gasteiger partial charge in [-0.05, 0) is 36.8 Å². The van der Waals surface area contributed by atoms with Gasteiger partial charge in [0.2, 0.25) is 6.79 Å². The molecular weight excluding hydrogens is 318 g/mol. The van der Waals surface area contributed by atoms with Gasteiger partial charge in [0, 0.05) is 18.7 Å². The summed E-state index contributed by atoms with van der Waals surface area (Å²) >= 11 is 0. The second-order valence-electron chi connectivity index (χ2n) is 6.40. The molecule has 3 aromatic rings. The average Bonchev–Trinajstić information content (AvgIpc) is 3.38. The number of carbonyl (C=O) groups is 1. The van der Waals surface area contributed by atoms with Gasteiger partial charge in [0.15, 0.2) is 11.5 Å². The molecule has 0 N–H and O–H groups in total. The van der Waals surface area contributed by atoms with Crippen LogP contribution >= 0.6 is 0 Å². The minimum atomic E-state index is 0.0326. The van der Waals surface area contributed by atoms with Crippen LogP contribution in [-0.4, -0.2) is 40.2 Å². The van der Waals surface area contributed by atoms with Crippen LogP contribution in [0.2, 0.25) is 0 Å². The number of carbonyl (C=O) groups excluding carboxylic acids is 1. The lowest BCUT2D eigenvalue weighted by Crippen LogP contribution is -2.29. The Kier molecular flexibility index (Phi) is 3.16. The summed E-state index contributed by atoms with van der Waals surface area (Å²) in [5, 5.41) is 0. The molecule has 2 aliphatic rings. The number of aromatic nitrogens is 2. The van der Waals surface area contributed by atoms with Gasteiger partial charge in [0.1, 0.15) is 0 Å². The Bertz CT molecular complexity index is 965. The van der Waals surface area contributed by atoms with Crippen molar-refractivity contribution < 1.29 is 14.3 Å². The zero-order valence-corrected chi connectivity index (χ0v) is 13.6. The number of benzene rings is 2. The summed E-state index contributed by atoms with van der Waals surface area (Å²) in [5.41, 5.74) is 2.74. The SMILES string of the molecule is O=C(c1ccc2c(c1)OCO2)N1CC[C@@H](n2cnc3ccccc32)C1. The number of nitrogens with zero attached hydrogens (tertiary/aromatic N) is 3. The standard InChI is InChI=1S/C19H17N3O3/c23-19(13-5-6-17-18(9-13)25-12-24-17)21-8-7-14(10-21)22-11-20-15-3-1-2-4-16(15)22/h1-6,9,11,14H,7-8,10,12H2/t14-/m1/s1. The first kappa shape index (κ1) is 14.3. The largest absolute Gasteiger partial charge is 0.454 e. The topological polar surface area (TPSA) is 56.6 Å². The maximum atomic E-state index is 12.8. The smallest absolute Gasteiger partial charge is 0.254 e. The second-order valence-corrected chi connectivity index (χ2v) is 6.40. The second kappa shape index (κ2) is 5.51. The van der Waals surface area contributed by atoms with Gasteiger partial charge in [-0.2, -0.15) is 0 Å². The van der Waals surface area contributed by atoms with Crippen LogP contribution in [0.4, 0.5) is 0 Å². The van der Waals surface area contributed by atoms with Crippen LogP contribution in [-0.2, 0) is 0 Å². The highest BCUT2D eigenvalue weighted by atomic mass is 16.7. The number of hydrogen-bond acceptors (Lipinski definition) is 4. The third-order valence-electron chi connectivity index (χ3n) is 4.94. The van der Waals surface area contributed by atoms with Crippen molar-refractivity contribution in [3.05, 3.63) is 54.4 Å². The van der Waals surface area contributed by atoms with Crippen molar-refractivity contribution in [1.29, 1.82) is 0 Å². The van der Waals surface area contributed by atoms with Crippen LogP contribution < -0.4 is 9.47 Å². The number of hydrogen-bond donors (Lipinski definition) is 0. The van der Waals surface area contributed by atoms with Gasteiger partial charge < -0.3 is 18.9 Å². The Balaban J connectivity index is 1.37. The zero-order chi connectivity index (χ0) is 16.8. The minimum Gasteiger partial charge on any atom is -0.454 e. The fraction of sp³-hybridized carbons (Fsp3) is 0.263. The molecule has 25 heavy (non-hydrogen) atoms. The van der Waals surface area contributed by atoms with Crippen molar-refractivity contribution in [2.24, 2.45) is 0 Å². The highest BCUT2D eigenvalue weighted by Gasteiger charge is 2.29. The first-order valence-corrected chi connectivity index (χ1v) is 8.40. The van der Waals surface area contributed by atoms with Crippen LogP contribution in [0.15, 0.2) is 48.8 Å². The van der Waals surface area contributed by atoms with Crippen LogP contribution in [0.25, 0.3) is 11.0 Å². The molecule has 3 heterocycles. The molecule has 5 rings (SSSR count). The fourth-order valence-electron chi connectivity index (χ4n) is 3.63. The number of likely N-dealkylation sites (tertiary alicyclic amines) is 1. The van der Waals surface area contributed by atoms with E-state index in [1.165, 1.54) is 0 Å². The molecular formula is C19H17N3O3. The monoisotopic (exact) mass is 335 g/mol. The van der Waals surface area contributed by atoms with Crippen molar-refractivity contribution in [2.75, 3.05) is 19.9 Å². The van der Waals surface area contributed by atoms with E-state index in [0.717, 1.165) is 24.0 Å². The van der Waals surface area contributed by atoms with Crippen LogP contribution in [0.5, 0.6) is 11.5 Å². The summed E-state index contributed by atoms with van der Waals surface area (Å²) in [6.45, 7) is 1.64. The quantitative estimate of drug-likeness (QED) is 0.723. The molecule has 126 valence electrons. The zero-order valence-electron chi connectivity index (χ0n) is 13.6. The lowest BCUT2D eigenvalue weighted by molar-refractivity contribution is 0.0787. The molecule has 0 radical (unpaired) electrons. The Labute approximate surface area is 144 Å².